The Bertz CT molecular complexity index is 688. The van der Waals surface area contributed by atoms with Crippen LogP contribution < -0.4 is 15.3 Å². The molecular weight excluding hydrogens is 274 g/mol. The lowest BCUT2D eigenvalue weighted by atomic mass is 10.1. The Morgan fingerprint density at radius 2 is 2.09 bits per heavy atom. The molecule has 3 rings (SSSR count). The van der Waals surface area contributed by atoms with Crippen LogP contribution in [0.3, 0.4) is 0 Å². The zero-order chi connectivity index (χ0) is 15.2. The normalized spacial score (nSPS) is 14.5. The van der Waals surface area contributed by atoms with Crippen LogP contribution in [-0.4, -0.2) is 25.3 Å². The number of nitrogens with one attached hydrogen (secondary N) is 2. The molecule has 0 spiro atoms. The molecule has 22 heavy (non-hydrogen) atoms. The monoisotopic (exact) mass is 294 g/mol. The summed E-state index contributed by atoms with van der Waals surface area (Å²) in [6, 6.07) is 12.5. The molecule has 5 nitrogen and oxygen atoms in total. The molecule has 1 aromatic heterocycles. The number of aromatic nitrogens is 1. The quantitative estimate of drug-likeness (QED) is 0.511. The second kappa shape index (κ2) is 6.85. The fraction of sp³-hybridized carbons (Fsp3) is 0.235. The first-order chi connectivity index (χ1) is 10.8. The Labute approximate surface area is 130 Å². The fourth-order valence-corrected chi connectivity index (χ4v) is 2.30. The number of hydrazone groups is 1. The second-order valence-electron chi connectivity index (χ2n) is 5.26. The molecule has 1 aromatic carbocycles. The summed E-state index contributed by atoms with van der Waals surface area (Å²) in [5, 5.41) is 7.37. The zero-order valence-electron chi connectivity index (χ0n) is 12.7. The highest BCUT2D eigenvalue weighted by molar-refractivity contribution is 5.84. The third-order valence-corrected chi connectivity index (χ3v) is 3.47. The van der Waals surface area contributed by atoms with E-state index in [9.17, 15) is 0 Å². The maximum absolute atomic E-state index is 4.30. The van der Waals surface area contributed by atoms with Gasteiger partial charge >= 0.3 is 0 Å². The molecule has 0 saturated heterocycles. The van der Waals surface area contributed by atoms with Crippen LogP contribution in [0.5, 0.6) is 0 Å². The van der Waals surface area contributed by atoms with E-state index in [1.807, 2.05) is 23.9 Å². The highest BCUT2D eigenvalue weighted by atomic mass is 15.4. The van der Waals surface area contributed by atoms with Crippen LogP contribution >= 0.6 is 0 Å². The largest absolute Gasteiger partial charge is 0.355 e. The molecule has 0 amide bonds. The minimum Gasteiger partial charge on any atom is -0.355 e. The van der Waals surface area contributed by atoms with Gasteiger partial charge in [0.2, 0.25) is 5.96 Å². The molecular formula is C17H20N5+. The number of rotatable bonds is 3. The van der Waals surface area contributed by atoms with Crippen molar-refractivity contribution in [2.45, 2.75) is 6.42 Å². The van der Waals surface area contributed by atoms with Crippen molar-refractivity contribution in [3.8, 4) is 11.1 Å². The molecule has 2 N–H and O–H groups in total. The van der Waals surface area contributed by atoms with Crippen LogP contribution in [0.25, 0.3) is 11.1 Å². The summed E-state index contributed by atoms with van der Waals surface area (Å²) in [5.41, 5.74) is 6.37. The molecule has 2 aromatic rings. The molecule has 2 heterocycles. The van der Waals surface area contributed by atoms with Gasteiger partial charge in [-0.25, -0.2) is 9.99 Å². The van der Waals surface area contributed by atoms with Crippen LogP contribution in [0.15, 0.2) is 58.9 Å². The van der Waals surface area contributed by atoms with Gasteiger partial charge in [-0.05, 0) is 23.6 Å². The summed E-state index contributed by atoms with van der Waals surface area (Å²) in [6.45, 7) is 1.80. The summed E-state index contributed by atoms with van der Waals surface area (Å²) in [4.78, 5) is 4.30. The smallest absolute Gasteiger partial charge is 0.212 e. The molecule has 1 aliphatic rings. The molecule has 5 heteroatoms. The van der Waals surface area contributed by atoms with Crippen molar-refractivity contribution < 1.29 is 4.57 Å². The number of aliphatic imine (C=N–C) groups is 1. The van der Waals surface area contributed by atoms with E-state index >= 15 is 0 Å². The van der Waals surface area contributed by atoms with E-state index < -0.39 is 0 Å². The lowest BCUT2D eigenvalue weighted by Gasteiger charge is -2.12. The highest BCUT2D eigenvalue weighted by Crippen LogP contribution is 2.17. The summed E-state index contributed by atoms with van der Waals surface area (Å²) in [6.07, 6.45) is 7.01. The number of aryl methyl sites for hydroxylation is 1. The molecule has 112 valence electrons. The van der Waals surface area contributed by atoms with Crippen molar-refractivity contribution in [2.75, 3.05) is 13.1 Å². The maximum atomic E-state index is 4.30. The van der Waals surface area contributed by atoms with Gasteiger partial charge < -0.3 is 5.32 Å². The van der Waals surface area contributed by atoms with E-state index in [2.05, 4.69) is 57.4 Å². The number of nitrogens with zero attached hydrogens (tertiary/aromatic N) is 3. The summed E-state index contributed by atoms with van der Waals surface area (Å²) in [7, 11) is 2.03. The molecule has 0 radical (unpaired) electrons. The summed E-state index contributed by atoms with van der Waals surface area (Å²) < 4.78 is 2.05. The average molecular weight is 294 g/mol. The minimum absolute atomic E-state index is 0.746. The van der Waals surface area contributed by atoms with Crippen molar-refractivity contribution in [3.05, 3.63) is 54.4 Å². The fourth-order valence-electron chi connectivity index (χ4n) is 2.30. The highest BCUT2D eigenvalue weighted by Gasteiger charge is 2.02. The Kier molecular flexibility index (Phi) is 4.44. The van der Waals surface area contributed by atoms with Crippen molar-refractivity contribution in [3.63, 3.8) is 0 Å². The van der Waals surface area contributed by atoms with E-state index in [1.165, 1.54) is 11.1 Å². The van der Waals surface area contributed by atoms with Gasteiger partial charge in [-0.1, -0.05) is 24.3 Å². The van der Waals surface area contributed by atoms with Gasteiger partial charge in [-0.3, -0.25) is 4.99 Å². The Hall–Kier alpha value is -2.69. The lowest BCUT2D eigenvalue weighted by molar-refractivity contribution is -0.671. The van der Waals surface area contributed by atoms with E-state index in [-0.39, 0.29) is 0 Å². The van der Waals surface area contributed by atoms with Gasteiger partial charge in [0.05, 0.1) is 6.21 Å². The predicted molar refractivity (Wildman–Crippen MR) is 88.7 cm³/mol. The maximum Gasteiger partial charge on any atom is 0.212 e. The third kappa shape index (κ3) is 3.69. The van der Waals surface area contributed by atoms with Gasteiger partial charge in [0.15, 0.2) is 12.4 Å². The van der Waals surface area contributed by atoms with E-state index in [1.54, 1.807) is 6.21 Å². The van der Waals surface area contributed by atoms with Crippen LogP contribution in [0, 0.1) is 0 Å². The first-order valence-corrected chi connectivity index (χ1v) is 7.44. The van der Waals surface area contributed by atoms with E-state index in [0.29, 0.717) is 0 Å². The van der Waals surface area contributed by atoms with Crippen molar-refractivity contribution in [1.29, 1.82) is 0 Å². The molecule has 0 aliphatic carbocycles. The minimum atomic E-state index is 0.746. The van der Waals surface area contributed by atoms with Crippen molar-refractivity contribution in [2.24, 2.45) is 17.1 Å². The van der Waals surface area contributed by atoms with Crippen molar-refractivity contribution >= 4 is 12.2 Å². The predicted octanol–water partition coefficient (Wildman–Crippen LogP) is 1.45. The summed E-state index contributed by atoms with van der Waals surface area (Å²) in [5.74, 6) is 0.746. The number of hydrogen-bond donors (Lipinski definition) is 2. The Morgan fingerprint density at radius 3 is 2.82 bits per heavy atom. The van der Waals surface area contributed by atoms with E-state index in [0.717, 1.165) is 31.0 Å². The first-order valence-electron chi connectivity index (χ1n) is 7.44. The van der Waals surface area contributed by atoms with E-state index in [4.69, 9.17) is 0 Å². The molecule has 0 bridgehead atoms. The number of benzene rings is 1. The van der Waals surface area contributed by atoms with Crippen molar-refractivity contribution in [1.82, 2.24) is 10.7 Å². The Morgan fingerprint density at radius 1 is 1.23 bits per heavy atom. The van der Waals surface area contributed by atoms with Crippen LogP contribution in [0.1, 0.15) is 12.0 Å². The standard InChI is InChI=1S/C17H20N5/c1-22-11-2-4-16(13-22)15-7-5-14(6-8-15)12-20-21-17-18-9-3-10-19-17/h2,4-8,11-13H,3,9-10H2,1H3,(H2,18,19,21)/q+1/b20-12-. The van der Waals surface area contributed by atoms with Gasteiger partial charge in [-0.15, -0.1) is 0 Å². The van der Waals surface area contributed by atoms with Gasteiger partial charge in [0.1, 0.15) is 7.05 Å². The number of guanidine groups is 1. The van der Waals surface area contributed by atoms with Crippen LogP contribution in [0.4, 0.5) is 0 Å². The van der Waals surface area contributed by atoms with Crippen LogP contribution in [0.2, 0.25) is 0 Å². The van der Waals surface area contributed by atoms with Crippen LogP contribution in [-0.2, 0) is 7.05 Å². The average Bonchev–Trinajstić information content (AvgIpc) is 2.56. The SMILES string of the molecule is C[n+]1cccc(-c2ccc(/C=N\NC3=NCCCN3)cc2)c1. The molecule has 1 aliphatic heterocycles. The topological polar surface area (TPSA) is 52.7 Å². The zero-order valence-corrected chi connectivity index (χ0v) is 12.7. The molecule has 0 atom stereocenters. The Balaban J connectivity index is 1.65. The number of hydrogen-bond acceptors (Lipinski definition) is 4. The molecule has 0 unspecified atom stereocenters. The summed E-state index contributed by atoms with van der Waals surface area (Å²) >= 11 is 0. The van der Waals surface area contributed by atoms with Gasteiger partial charge in [0.25, 0.3) is 0 Å². The lowest BCUT2D eigenvalue weighted by Crippen LogP contribution is -2.38. The number of pyridine rings is 1. The van der Waals surface area contributed by atoms with Gasteiger partial charge in [0, 0.05) is 24.7 Å². The van der Waals surface area contributed by atoms with Gasteiger partial charge in [-0.2, -0.15) is 5.10 Å². The first kappa shape index (κ1) is 14.3. The molecule has 0 saturated carbocycles. The molecule has 0 fully saturated rings. The third-order valence-electron chi connectivity index (χ3n) is 3.47. The second-order valence-corrected chi connectivity index (χ2v) is 5.26.